The third kappa shape index (κ3) is 5.72. The lowest BCUT2D eigenvalue weighted by Crippen LogP contribution is -2.46. The highest BCUT2D eigenvalue weighted by Crippen LogP contribution is 2.32. The summed E-state index contributed by atoms with van der Waals surface area (Å²) in [6.45, 7) is 6.29. The quantitative estimate of drug-likeness (QED) is 0.220. The molecule has 4 aromatic rings. The number of hydrogen-bond donors (Lipinski definition) is 1. The van der Waals surface area contributed by atoms with Gasteiger partial charge in [0.05, 0.1) is 10.5 Å². The minimum Gasteiger partial charge on any atom is -0.451 e. The molecule has 3 aromatic carbocycles. The summed E-state index contributed by atoms with van der Waals surface area (Å²) in [5.41, 5.74) is 3.90. The van der Waals surface area contributed by atoms with Crippen LogP contribution in [0.3, 0.4) is 0 Å². The van der Waals surface area contributed by atoms with Gasteiger partial charge in [-0.15, -0.1) is 0 Å². The van der Waals surface area contributed by atoms with E-state index in [9.17, 15) is 14.9 Å². The summed E-state index contributed by atoms with van der Waals surface area (Å²) in [7, 11) is 0. The maximum absolute atomic E-state index is 12.8. The fraction of sp³-hybridized carbons (Fsp3) is 0.207. The number of amides is 1. The highest BCUT2D eigenvalue weighted by Gasteiger charge is 2.21. The molecular formula is C29H27ClN4O4. The van der Waals surface area contributed by atoms with Crippen LogP contribution in [0.25, 0.3) is 11.3 Å². The van der Waals surface area contributed by atoms with Crippen LogP contribution >= 0.6 is 11.6 Å². The number of benzene rings is 3. The van der Waals surface area contributed by atoms with E-state index in [4.69, 9.17) is 16.0 Å². The minimum absolute atomic E-state index is 0.0633. The van der Waals surface area contributed by atoms with Crippen LogP contribution in [0.2, 0.25) is 5.02 Å². The van der Waals surface area contributed by atoms with Crippen molar-refractivity contribution >= 4 is 34.6 Å². The van der Waals surface area contributed by atoms with Crippen molar-refractivity contribution in [2.75, 3.05) is 36.4 Å². The number of rotatable bonds is 7. The van der Waals surface area contributed by atoms with Crippen LogP contribution in [0.5, 0.6) is 0 Å². The highest BCUT2D eigenvalue weighted by atomic mass is 35.5. The zero-order valence-electron chi connectivity index (χ0n) is 20.9. The molecule has 0 unspecified atom stereocenters. The third-order valence-electron chi connectivity index (χ3n) is 6.66. The standard InChI is InChI=1S/C29H27ClN4O4/c1-20-6-11-24(26(18-20)34(36)37)27-12-13-28(38-27)29(35)31-22-7-9-23(10-8-22)33-16-14-32(15-17-33)19-21-4-2-3-5-25(21)30/h2-13,18H,14-17,19H2,1H3,(H,31,35). The lowest BCUT2D eigenvalue weighted by Gasteiger charge is -2.36. The number of nitrogens with zero attached hydrogens (tertiary/aromatic N) is 3. The van der Waals surface area contributed by atoms with E-state index >= 15 is 0 Å². The molecule has 0 spiro atoms. The molecule has 0 radical (unpaired) electrons. The molecule has 1 aromatic heterocycles. The Bertz CT molecular complexity index is 1460. The van der Waals surface area contributed by atoms with Crippen molar-refractivity contribution in [1.29, 1.82) is 0 Å². The van der Waals surface area contributed by atoms with Gasteiger partial charge >= 0.3 is 0 Å². The second kappa shape index (κ2) is 11.1. The number of nitro groups is 1. The lowest BCUT2D eigenvalue weighted by atomic mass is 10.1. The first-order valence-electron chi connectivity index (χ1n) is 12.3. The van der Waals surface area contributed by atoms with Crippen molar-refractivity contribution in [2.24, 2.45) is 0 Å². The Morgan fingerprint density at radius 3 is 2.45 bits per heavy atom. The maximum atomic E-state index is 12.8. The summed E-state index contributed by atoms with van der Waals surface area (Å²) in [6.07, 6.45) is 0. The Morgan fingerprint density at radius 2 is 1.74 bits per heavy atom. The first-order valence-corrected chi connectivity index (χ1v) is 12.7. The van der Waals surface area contributed by atoms with Gasteiger partial charge in [-0.1, -0.05) is 35.9 Å². The van der Waals surface area contributed by atoms with Crippen molar-refractivity contribution in [3.05, 3.63) is 111 Å². The van der Waals surface area contributed by atoms with E-state index in [2.05, 4.69) is 21.2 Å². The fourth-order valence-electron chi connectivity index (χ4n) is 4.59. The van der Waals surface area contributed by atoms with Gasteiger partial charge < -0.3 is 14.6 Å². The minimum atomic E-state index is -0.453. The molecule has 9 heteroatoms. The normalized spacial score (nSPS) is 13.9. The number of carbonyl (C=O) groups excluding carboxylic acids is 1. The van der Waals surface area contributed by atoms with Crippen LogP contribution in [0.1, 0.15) is 21.7 Å². The fourth-order valence-corrected chi connectivity index (χ4v) is 4.78. The van der Waals surface area contributed by atoms with E-state index in [1.165, 1.54) is 12.1 Å². The van der Waals surface area contributed by atoms with Crippen LogP contribution in [0, 0.1) is 17.0 Å². The molecule has 1 amide bonds. The van der Waals surface area contributed by atoms with Crippen LogP contribution in [-0.2, 0) is 6.54 Å². The van der Waals surface area contributed by atoms with Gasteiger partial charge in [-0.2, -0.15) is 0 Å². The van der Waals surface area contributed by atoms with Crippen LogP contribution in [0.15, 0.2) is 83.3 Å². The average molecular weight is 531 g/mol. The van der Waals surface area contributed by atoms with Crippen molar-refractivity contribution in [3.8, 4) is 11.3 Å². The molecule has 194 valence electrons. The molecule has 0 saturated carbocycles. The molecule has 5 rings (SSSR count). The van der Waals surface area contributed by atoms with E-state index < -0.39 is 10.8 Å². The van der Waals surface area contributed by atoms with Crippen molar-refractivity contribution in [3.63, 3.8) is 0 Å². The topological polar surface area (TPSA) is 91.9 Å². The van der Waals surface area contributed by atoms with Crippen molar-refractivity contribution in [2.45, 2.75) is 13.5 Å². The van der Waals surface area contributed by atoms with E-state index in [0.29, 0.717) is 11.3 Å². The molecule has 8 nitrogen and oxygen atoms in total. The molecule has 1 aliphatic heterocycles. The van der Waals surface area contributed by atoms with Gasteiger partial charge in [0.2, 0.25) is 0 Å². The smallest absolute Gasteiger partial charge is 0.291 e. The first-order chi connectivity index (χ1) is 18.4. The Labute approximate surface area is 225 Å². The first kappa shape index (κ1) is 25.5. The summed E-state index contributed by atoms with van der Waals surface area (Å²) < 4.78 is 5.68. The highest BCUT2D eigenvalue weighted by molar-refractivity contribution is 6.31. The molecule has 0 atom stereocenters. The molecule has 0 bridgehead atoms. The van der Waals surface area contributed by atoms with Crippen LogP contribution in [0.4, 0.5) is 17.1 Å². The number of halogens is 1. The number of carbonyl (C=O) groups is 1. The molecule has 1 saturated heterocycles. The van der Waals surface area contributed by atoms with E-state index in [0.717, 1.165) is 54.6 Å². The lowest BCUT2D eigenvalue weighted by molar-refractivity contribution is -0.384. The van der Waals surface area contributed by atoms with Crippen LogP contribution in [-0.4, -0.2) is 41.9 Å². The number of anilines is 2. The van der Waals surface area contributed by atoms with Crippen molar-refractivity contribution in [1.82, 2.24) is 4.90 Å². The molecule has 38 heavy (non-hydrogen) atoms. The van der Waals surface area contributed by atoms with Gasteiger partial charge in [0.1, 0.15) is 5.76 Å². The maximum Gasteiger partial charge on any atom is 0.291 e. The Balaban J connectivity index is 1.18. The number of aryl methyl sites for hydroxylation is 1. The number of nitrogens with one attached hydrogen (secondary N) is 1. The summed E-state index contributed by atoms with van der Waals surface area (Å²) >= 11 is 6.31. The van der Waals surface area contributed by atoms with Gasteiger partial charge in [0.15, 0.2) is 5.76 Å². The SMILES string of the molecule is Cc1ccc(-c2ccc(C(=O)Nc3ccc(N4CCN(Cc5ccccc5Cl)CC4)cc3)o2)c([N+](=O)[O-])c1. The predicted molar refractivity (Wildman–Crippen MR) is 149 cm³/mol. The molecular weight excluding hydrogens is 504 g/mol. The second-order valence-electron chi connectivity index (χ2n) is 9.30. The number of hydrogen-bond acceptors (Lipinski definition) is 6. The van der Waals surface area contributed by atoms with E-state index in [1.807, 2.05) is 42.5 Å². The van der Waals surface area contributed by atoms with Crippen LogP contribution < -0.4 is 10.2 Å². The second-order valence-corrected chi connectivity index (χ2v) is 9.70. The molecule has 1 aliphatic rings. The molecule has 1 fully saturated rings. The summed E-state index contributed by atoms with van der Waals surface area (Å²) in [4.78, 5) is 28.5. The van der Waals surface area contributed by atoms with Gasteiger partial charge in [0.25, 0.3) is 11.6 Å². The summed E-state index contributed by atoms with van der Waals surface area (Å²) in [5, 5.41) is 15.1. The van der Waals surface area contributed by atoms with Gasteiger partial charge in [-0.05, 0) is 66.6 Å². The van der Waals surface area contributed by atoms with Gasteiger partial charge in [-0.3, -0.25) is 19.8 Å². The average Bonchev–Trinajstić information content (AvgIpc) is 3.41. The number of piperazine rings is 1. The summed E-state index contributed by atoms with van der Waals surface area (Å²) in [5.74, 6) is -0.0774. The zero-order valence-corrected chi connectivity index (χ0v) is 21.6. The van der Waals surface area contributed by atoms with Gasteiger partial charge in [-0.25, -0.2) is 0 Å². The Hall–Kier alpha value is -4.14. The number of nitro benzene ring substituents is 1. The molecule has 2 heterocycles. The Kier molecular flexibility index (Phi) is 7.44. The molecule has 1 N–H and O–H groups in total. The monoisotopic (exact) mass is 530 g/mol. The summed E-state index contributed by atoms with van der Waals surface area (Å²) in [6, 6.07) is 23.6. The third-order valence-corrected chi connectivity index (χ3v) is 7.03. The Morgan fingerprint density at radius 1 is 1.00 bits per heavy atom. The molecule has 0 aliphatic carbocycles. The van der Waals surface area contributed by atoms with E-state index in [1.54, 1.807) is 25.1 Å². The zero-order chi connectivity index (χ0) is 26.6. The van der Waals surface area contributed by atoms with Gasteiger partial charge in [0, 0.05) is 55.2 Å². The van der Waals surface area contributed by atoms with Crippen molar-refractivity contribution < 1.29 is 14.1 Å². The number of furan rings is 1. The predicted octanol–water partition coefficient (Wildman–Crippen LogP) is 6.39. The van der Waals surface area contributed by atoms with E-state index in [-0.39, 0.29) is 17.2 Å². The largest absolute Gasteiger partial charge is 0.451 e.